The quantitative estimate of drug-likeness (QED) is 0.918. The lowest BCUT2D eigenvalue weighted by atomic mass is 10.1. The first-order valence-corrected chi connectivity index (χ1v) is 7.89. The van der Waals surface area contributed by atoms with Gasteiger partial charge in [0.05, 0.1) is 6.54 Å². The normalized spacial score (nSPS) is 19.5. The van der Waals surface area contributed by atoms with Crippen molar-refractivity contribution in [3.05, 3.63) is 35.4 Å². The molecule has 0 spiro atoms. The number of benzene rings is 1. The minimum Gasteiger partial charge on any atom is -0.340 e. The predicted molar refractivity (Wildman–Crippen MR) is 81.1 cm³/mol. The first-order valence-electron chi connectivity index (χ1n) is 6.84. The highest BCUT2D eigenvalue weighted by molar-refractivity contribution is 7.99. The summed E-state index contributed by atoms with van der Waals surface area (Å²) in [6.07, 6.45) is 2.29. The fourth-order valence-corrected chi connectivity index (χ4v) is 3.77. The SMILES string of the molecule is Cc1ccccc1CSC1CCCN(C(=O)CN)C1. The van der Waals surface area contributed by atoms with Crippen molar-refractivity contribution in [3.8, 4) is 0 Å². The highest BCUT2D eigenvalue weighted by Gasteiger charge is 2.23. The van der Waals surface area contributed by atoms with Crippen molar-refractivity contribution in [1.82, 2.24) is 4.90 Å². The van der Waals surface area contributed by atoms with Crippen LogP contribution in [-0.4, -0.2) is 35.7 Å². The van der Waals surface area contributed by atoms with Gasteiger partial charge in [-0.05, 0) is 30.9 Å². The summed E-state index contributed by atoms with van der Waals surface area (Å²) in [4.78, 5) is 13.5. The average molecular weight is 278 g/mol. The number of nitrogens with two attached hydrogens (primary N) is 1. The van der Waals surface area contributed by atoms with Gasteiger partial charge in [-0.25, -0.2) is 0 Å². The Morgan fingerprint density at radius 1 is 1.47 bits per heavy atom. The lowest BCUT2D eigenvalue weighted by Gasteiger charge is -2.32. The number of carbonyl (C=O) groups is 1. The Kier molecular flexibility index (Phi) is 5.28. The van der Waals surface area contributed by atoms with Crippen molar-refractivity contribution in [1.29, 1.82) is 0 Å². The van der Waals surface area contributed by atoms with Crippen LogP contribution in [0.3, 0.4) is 0 Å². The maximum absolute atomic E-state index is 11.6. The number of hydrogen-bond donors (Lipinski definition) is 1. The van der Waals surface area contributed by atoms with Gasteiger partial charge >= 0.3 is 0 Å². The van der Waals surface area contributed by atoms with E-state index < -0.39 is 0 Å². The van der Waals surface area contributed by atoms with E-state index >= 15 is 0 Å². The Balaban J connectivity index is 1.86. The molecule has 1 aliphatic heterocycles. The molecule has 4 heteroatoms. The van der Waals surface area contributed by atoms with Crippen LogP contribution in [0.2, 0.25) is 0 Å². The molecule has 0 bridgehead atoms. The van der Waals surface area contributed by atoms with Gasteiger partial charge in [-0.2, -0.15) is 11.8 Å². The van der Waals surface area contributed by atoms with Crippen molar-refractivity contribution in [2.45, 2.75) is 30.8 Å². The molecular weight excluding hydrogens is 256 g/mol. The van der Waals surface area contributed by atoms with E-state index in [1.165, 1.54) is 17.5 Å². The standard InChI is InChI=1S/C15H22N2OS/c1-12-5-2-3-6-13(12)11-19-14-7-4-8-17(10-14)15(18)9-16/h2-3,5-6,14H,4,7-11,16H2,1H3. The van der Waals surface area contributed by atoms with Crippen LogP contribution in [0.4, 0.5) is 0 Å². The van der Waals surface area contributed by atoms with Gasteiger partial charge < -0.3 is 10.6 Å². The van der Waals surface area contributed by atoms with E-state index in [0.717, 1.165) is 25.3 Å². The largest absolute Gasteiger partial charge is 0.340 e. The minimum atomic E-state index is 0.0844. The highest BCUT2D eigenvalue weighted by Crippen LogP contribution is 2.26. The van der Waals surface area contributed by atoms with Crippen LogP contribution in [0.5, 0.6) is 0 Å². The summed E-state index contributed by atoms with van der Waals surface area (Å²) in [5.41, 5.74) is 8.18. The van der Waals surface area contributed by atoms with Crippen molar-refractivity contribution in [2.75, 3.05) is 19.6 Å². The van der Waals surface area contributed by atoms with Crippen LogP contribution in [-0.2, 0) is 10.5 Å². The van der Waals surface area contributed by atoms with Crippen molar-refractivity contribution >= 4 is 17.7 Å². The van der Waals surface area contributed by atoms with E-state index in [1.54, 1.807) is 0 Å². The van der Waals surface area contributed by atoms with E-state index in [2.05, 4.69) is 31.2 Å². The summed E-state index contributed by atoms with van der Waals surface area (Å²) >= 11 is 1.96. The van der Waals surface area contributed by atoms with Gasteiger partial charge in [0.15, 0.2) is 0 Å². The second kappa shape index (κ2) is 6.96. The van der Waals surface area contributed by atoms with E-state index in [4.69, 9.17) is 5.73 Å². The smallest absolute Gasteiger partial charge is 0.236 e. The molecule has 0 radical (unpaired) electrons. The van der Waals surface area contributed by atoms with Gasteiger partial charge in [-0.1, -0.05) is 24.3 Å². The average Bonchev–Trinajstić information content (AvgIpc) is 2.46. The Morgan fingerprint density at radius 2 is 2.26 bits per heavy atom. The second-order valence-corrected chi connectivity index (χ2v) is 6.33. The summed E-state index contributed by atoms with van der Waals surface area (Å²) in [7, 11) is 0. The van der Waals surface area contributed by atoms with Gasteiger partial charge in [-0.15, -0.1) is 0 Å². The molecule has 1 aliphatic rings. The Bertz CT molecular complexity index is 436. The monoisotopic (exact) mass is 278 g/mol. The number of likely N-dealkylation sites (tertiary alicyclic amines) is 1. The molecule has 0 aromatic heterocycles. The van der Waals surface area contributed by atoms with Crippen LogP contribution in [0, 0.1) is 6.92 Å². The molecule has 1 aromatic rings. The van der Waals surface area contributed by atoms with Crippen LogP contribution < -0.4 is 5.73 Å². The van der Waals surface area contributed by atoms with Gasteiger partial charge in [0.25, 0.3) is 0 Å². The highest BCUT2D eigenvalue weighted by atomic mass is 32.2. The molecule has 2 rings (SSSR count). The van der Waals surface area contributed by atoms with E-state index in [9.17, 15) is 4.79 Å². The fourth-order valence-electron chi connectivity index (χ4n) is 2.41. The van der Waals surface area contributed by atoms with E-state index in [0.29, 0.717) is 5.25 Å². The number of rotatable bonds is 4. The maximum Gasteiger partial charge on any atom is 0.236 e. The van der Waals surface area contributed by atoms with Crippen molar-refractivity contribution in [3.63, 3.8) is 0 Å². The summed E-state index contributed by atoms with van der Waals surface area (Å²) in [6.45, 7) is 4.01. The molecule has 1 fully saturated rings. The zero-order valence-corrected chi connectivity index (χ0v) is 12.3. The minimum absolute atomic E-state index is 0.0844. The molecule has 1 saturated heterocycles. The van der Waals surface area contributed by atoms with Crippen molar-refractivity contribution in [2.24, 2.45) is 5.73 Å². The number of hydrogen-bond acceptors (Lipinski definition) is 3. The van der Waals surface area contributed by atoms with Crippen LogP contribution in [0.25, 0.3) is 0 Å². The third-order valence-electron chi connectivity index (χ3n) is 3.64. The van der Waals surface area contributed by atoms with Crippen LogP contribution in [0.1, 0.15) is 24.0 Å². The molecule has 1 heterocycles. The number of thioether (sulfide) groups is 1. The third kappa shape index (κ3) is 3.98. The van der Waals surface area contributed by atoms with E-state index in [1.807, 2.05) is 16.7 Å². The van der Waals surface area contributed by atoms with E-state index in [-0.39, 0.29) is 12.5 Å². The molecule has 1 aromatic carbocycles. The summed E-state index contributed by atoms with van der Waals surface area (Å²) in [6, 6.07) is 8.51. The Morgan fingerprint density at radius 3 is 3.00 bits per heavy atom. The third-order valence-corrected chi connectivity index (χ3v) is 4.98. The summed E-state index contributed by atoms with van der Waals surface area (Å²) in [5, 5.41) is 0.545. The second-order valence-electron chi connectivity index (χ2n) is 5.05. The van der Waals surface area contributed by atoms with Gasteiger partial charge in [0.1, 0.15) is 0 Å². The number of aryl methyl sites for hydroxylation is 1. The number of carbonyl (C=O) groups excluding carboxylic acids is 1. The Hall–Kier alpha value is -1.00. The van der Waals surface area contributed by atoms with Gasteiger partial charge in [0.2, 0.25) is 5.91 Å². The fraction of sp³-hybridized carbons (Fsp3) is 0.533. The molecule has 0 saturated carbocycles. The molecular formula is C15H22N2OS. The molecule has 104 valence electrons. The lowest BCUT2D eigenvalue weighted by Crippen LogP contribution is -2.43. The first kappa shape index (κ1) is 14.4. The molecule has 1 atom stereocenters. The van der Waals surface area contributed by atoms with Crippen LogP contribution >= 0.6 is 11.8 Å². The molecule has 19 heavy (non-hydrogen) atoms. The summed E-state index contributed by atoms with van der Waals surface area (Å²) < 4.78 is 0. The molecule has 0 aliphatic carbocycles. The predicted octanol–water partition coefficient (Wildman–Crippen LogP) is 2.18. The van der Waals surface area contributed by atoms with Crippen LogP contribution in [0.15, 0.2) is 24.3 Å². The maximum atomic E-state index is 11.6. The topological polar surface area (TPSA) is 46.3 Å². The van der Waals surface area contributed by atoms with Crippen molar-refractivity contribution < 1.29 is 4.79 Å². The summed E-state index contributed by atoms with van der Waals surface area (Å²) in [5.74, 6) is 1.11. The van der Waals surface area contributed by atoms with Gasteiger partial charge in [0, 0.05) is 24.1 Å². The number of nitrogens with zero attached hydrogens (tertiary/aromatic N) is 1. The molecule has 1 amide bonds. The number of amides is 1. The van der Waals surface area contributed by atoms with Gasteiger partial charge in [-0.3, -0.25) is 4.79 Å². The molecule has 2 N–H and O–H groups in total. The molecule has 3 nitrogen and oxygen atoms in total. The Labute approximate surface area is 119 Å². The number of piperidine rings is 1. The first-order chi connectivity index (χ1) is 9.20. The molecule has 1 unspecified atom stereocenters. The zero-order chi connectivity index (χ0) is 13.7. The zero-order valence-electron chi connectivity index (χ0n) is 11.5. The lowest BCUT2D eigenvalue weighted by molar-refractivity contribution is -0.130.